The molecule has 0 aromatic carbocycles. The molecule has 3 rings (SSSR count). The second kappa shape index (κ2) is 4.15. The zero-order chi connectivity index (χ0) is 11.0. The van der Waals surface area contributed by atoms with Gasteiger partial charge >= 0.3 is 0 Å². The molecule has 0 N–H and O–H groups in total. The maximum atomic E-state index is 11.8. The van der Waals surface area contributed by atoms with Gasteiger partial charge in [-0.2, -0.15) is 0 Å². The first kappa shape index (κ1) is 10.2. The first-order chi connectivity index (χ1) is 7.86. The van der Waals surface area contributed by atoms with Crippen molar-refractivity contribution in [2.75, 3.05) is 13.2 Å². The molecule has 3 aliphatic rings. The smallest absolute Gasteiger partial charge is 0.161 e. The summed E-state index contributed by atoms with van der Waals surface area (Å²) >= 11 is 0. The van der Waals surface area contributed by atoms with Crippen molar-refractivity contribution in [2.45, 2.75) is 19.1 Å². The molecule has 1 saturated carbocycles. The van der Waals surface area contributed by atoms with Crippen molar-refractivity contribution in [3.05, 3.63) is 24.3 Å². The monoisotopic (exact) mass is 220 g/mol. The van der Waals surface area contributed by atoms with Crippen molar-refractivity contribution in [1.29, 1.82) is 0 Å². The van der Waals surface area contributed by atoms with Gasteiger partial charge in [-0.05, 0) is 24.8 Å². The van der Waals surface area contributed by atoms with Gasteiger partial charge in [0.15, 0.2) is 12.1 Å². The standard InChI is InChI=1S/C13H16O3/c14-12-4-2-1-3-9-10(12)5-6-11(9)13-15-7-8-16-13/h1-4,9-11,13H,5-8H2/t9-,10-,11?/m0/s1. The van der Waals surface area contributed by atoms with Gasteiger partial charge in [0, 0.05) is 11.8 Å². The Kier molecular flexibility index (Phi) is 2.65. The third kappa shape index (κ3) is 1.64. The van der Waals surface area contributed by atoms with Gasteiger partial charge < -0.3 is 9.47 Å². The van der Waals surface area contributed by atoms with E-state index in [1.165, 1.54) is 0 Å². The van der Waals surface area contributed by atoms with E-state index in [9.17, 15) is 4.79 Å². The number of carbonyl (C=O) groups is 1. The SMILES string of the molecule is O=C1C=CC=C[C@@H]2C(C3OCCO3)CC[C@H]12. The van der Waals surface area contributed by atoms with Crippen LogP contribution in [0.25, 0.3) is 0 Å². The fourth-order valence-corrected chi connectivity index (χ4v) is 3.07. The Bertz CT molecular complexity index is 339. The van der Waals surface area contributed by atoms with Crippen LogP contribution in [0.1, 0.15) is 12.8 Å². The van der Waals surface area contributed by atoms with Gasteiger partial charge in [-0.25, -0.2) is 0 Å². The number of rotatable bonds is 1. The Morgan fingerprint density at radius 3 is 2.75 bits per heavy atom. The van der Waals surface area contributed by atoms with Crippen LogP contribution >= 0.6 is 0 Å². The summed E-state index contributed by atoms with van der Waals surface area (Å²) in [6, 6.07) is 0. The van der Waals surface area contributed by atoms with Gasteiger partial charge in [0.05, 0.1) is 13.2 Å². The summed E-state index contributed by atoms with van der Waals surface area (Å²) in [7, 11) is 0. The van der Waals surface area contributed by atoms with Crippen molar-refractivity contribution in [2.24, 2.45) is 17.8 Å². The predicted octanol–water partition coefficient (Wildman–Crippen LogP) is 1.70. The van der Waals surface area contributed by atoms with E-state index in [-0.39, 0.29) is 18.0 Å². The normalized spacial score (nSPS) is 39.0. The first-order valence-corrected chi connectivity index (χ1v) is 5.98. The van der Waals surface area contributed by atoms with Gasteiger partial charge in [0.25, 0.3) is 0 Å². The Balaban J connectivity index is 1.80. The highest BCUT2D eigenvalue weighted by Gasteiger charge is 2.43. The fraction of sp³-hybridized carbons (Fsp3) is 0.615. The molecule has 0 bridgehead atoms. The third-order valence-corrected chi connectivity index (χ3v) is 3.84. The van der Waals surface area contributed by atoms with Crippen LogP contribution in [0.2, 0.25) is 0 Å². The van der Waals surface area contributed by atoms with Crippen molar-refractivity contribution in [3.63, 3.8) is 0 Å². The Labute approximate surface area is 95.1 Å². The molecule has 2 aliphatic carbocycles. The minimum atomic E-state index is -0.0921. The van der Waals surface area contributed by atoms with Crippen molar-refractivity contribution < 1.29 is 14.3 Å². The molecule has 0 spiro atoms. The van der Waals surface area contributed by atoms with Crippen LogP contribution in [0, 0.1) is 17.8 Å². The van der Waals surface area contributed by atoms with E-state index in [0.29, 0.717) is 25.0 Å². The van der Waals surface area contributed by atoms with Crippen LogP contribution in [0.5, 0.6) is 0 Å². The minimum Gasteiger partial charge on any atom is -0.350 e. The molecule has 16 heavy (non-hydrogen) atoms. The molecule has 3 atom stereocenters. The molecular formula is C13H16O3. The molecule has 2 fully saturated rings. The Morgan fingerprint density at radius 2 is 1.94 bits per heavy atom. The van der Waals surface area contributed by atoms with Gasteiger partial charge in [-0.1, -0.05) is 18.2 Å². The maximum absolute atomic E-state index is 11.8. The van der Waals surface area contributed by atoms with Crippen LogP contribution in [0.4, 0.5) is 0 Å². The van der Waals surface area contributed by atoms with Crippen LogP contribution in [0.15, 0.2) is 24.3 Å². The number of carbonyl (C=O) groups excluding carboxylic acids is 1. The topological polar surface area (TPSA) is 35.5 Å². The largest absolute Gasteiger partial charge is 0.350 e. The number of ketones is 1. The molecule has 86 valence electrons. The van der Waals surface area contributed by atoms with Crippen molar-refractivity contribution in [1.82, 2.24) is 0 Å². The fourth-order valence-electron chi connectivity index (χ4n) is 3.07. The minimum absolute atomic E-state index is 0.0921. The second-order valence-corrected chi connectivity index (χ2v) is 4.68. The van der Waals surface area contributed by atoms with E-state index in [0.717, 1.165) is 12.8 Å². The van der Waals surface area contributed by atoms with Crippen LogP contribution in [-0.2, 0) is 14.3 Å². The summed E-state index contributed by atoms with van der Waals surface area (Å²) in [5.41, 5.74) is 0. The summed E-state index contributed by atoms with van der Waals surface area (Å²) in [5.74, 6) is 1.06. The number of ether oxygens (including phenoxy) is 2. The van der Waals surface area contributed by atoms with Crippen LogP contribution in [-0.4, -0.2) is 25.3 Å². The summed E-state index contributed by atoms with van der Waals surface area (Å²) in [6.45, 7) is 1.38. The van der Waals surface area contributed by atoms with Crippen molar-refractivity contribution in [3.8, 4) is 0 Å². The van der Waals surface area contributed by atoms with E-state index in [2.05, 4.69) is 6.08 Å². The lowest BCUT2D eigenvalue weighted by atomic mass is 9.87. The summed E-state index contributed by atoms with van der Waals surface area (Å²) in [6.07, 6.45) is 9.57. The van der Waals surface area contributed by atoms with Crippen LogP contribution in [0.3, 0.4) is 0 Å². The average molecular weight is 220 g/mol. The molecule has 0 aromatic rings. The number of hydrogen-bond acceptors (Lipinski definition) is 3. The van der Waals surface area contributed by atoms with E-state index in [1.54, 1.807) is 6.08 Å². The number of fused-ring (bicyclic) bond motifs is 1. The third-order valence-electron chi connectivity index (χ3n) is 3.84. The number of allylic oxidation sites excluding steroid dienone is 4. The maximum Gasteiger partial charge on any atom is 0.161 e. The van der Waals surface area contributed by atoms with E-state index < -0.39 is 0 Å². The molecule has 0 radical (unpaired) electrons. The lowest BCUT2D eigenvalue weighted by Crippen LogP contribution is -2.27. The molecule has 1 heterocycles. The Morgan fingerprint density at radius 1 is 1.12 bits per heavy atom. The zero-order valence-electron chi connectivity index (χ0n) is 9.17. The molecular weight excluding hydrogens is 204 g/mol. The van der Waals surface area contributed by atoms with Gasteiger partial charge in [0.1, 0.15) is 0 Å². The second-order valence-electron chi connectivity index (χ2n) is 4.68. The van der Waals surface area contributed by atoms with E-state index >= 15 is 0 Å². The van der Waals surface area contributed by atoms with E-state index in [1.807, 2.05) is 12.2 Å². The molecule has 1 unspecified atom stereocenters. The van der Waals surface area contributed by atoms with Gasteiger partial charge in [0.2, 0.25) is 0 Å². The van der Waals surface area contributed by atoms with Crippen LogP contribution < -0.4 is 0 Å². The summed E-state index contributed by atoms with van der Waals surface area (Å²) in [4.78, 5) is 11.8. The highest BCUT2D eigenvalue weighted by molar-refractivity contribution is 5.93. The summed E-state index contributed by atoms with van der Waals surface area (Å²) < 4.78 is 11.1. The average Bonchev–Trinajstić information content (AvgIpc) is 2.89. The first-order valence-electron chi connectivity index (χ1n) is 5.98. The molecule has 0 amide bonds. The van der Waals surface area contributed by atoms with Crippen molar-refractivity contribution >= 4 is 5.78 Å². The zero-order valence-corrected chi connectivity index (χ0v) is 9.17. The molecule has 1 aliphatic heterocycles. The molecule has 1 saturated heterocycles. The van der Waals surface area contributed by atoms with Gasteiger partial charge in [-0.3, -0.25) is 4.79 Å². The highest BCUT2D eigenvalue weighted by Crippen LogP contribution is 2.43. The molecule has 3 heteroatoms. The lowest BCUT2D eigenvalue weighted by molar-refractivity contribution is -0.120. The highest BCUT2D eigenvalue weighted by atomic mass is 16.7. The van der Waals surface area contributed by atoms with E-state index in [4.69, 9.17) is 9.47 Å². The number of hydrogen-bond donors (Lipinski definition) is 0. The summed E-state index contributed by atoms with van der Waals surface area (Å²) in [5, 5.41) is 0. The van der Waals surface area contributed by atoms with Gasteiger partial charge in [-0.15, -0.1) is 0 Å². The Hall–Kier alpha value is -0.930. The molecule has 0 aromatic heterocycles. The lowest BCUT2D eigenvalue weighted by Gasteiger charge is -2.23. The quantitative estimate of drug-likeness (QED) is 0.674. The molecule has 3 nitrogen and oxygen atoms in total. The predicted molar refractivity (Wildman–Crippen MR) is 58.7 cm³/mol.